The molecule has 20 heavy (non-hydrogen) atoms. The Balaban J connectivity index is 1.48. The van der Waals surface area contributed by atoms with Crippen LogP contribution in [0.4, 0.5) is 0 Å². The summed E-state index contributed by atoms with van der Waals surface area (Å²) in [7, 11) is 0. The second-order valence-corrected chi connectivity index (χ2v) is 6.73. The van der Waals surface area contributed by atoms with E-state index in [0.29, 0.717) is 0 Å². The molecule has 3 rings (SSSR count). The number of benzene rings is 1. The van der Waals surface area contributed by atoms with Crippen LogP contribution in [0.25, 0.3) is 0 Å². The van der Waals surface area contributed by atoms with Gasteiger partial charge >= 0.3 is 0 Å². The highest BCUT2D eigenvalue weighted by atomic mass is 14.9. The zero-order valence-corrected chi connectivity index (χ0v) is 12.9. The van der Waals surface area contributed by atoms with E-state index in [1.54, 1.807) is 0 Å². The quantitative estimate of drug-likeness (QED) is 0.774. The molecule has 1 heteroatoms. The minimum absolute atomic E-state index is 0.789. The van der Waals surface area contributed by atoms with Gasteiger partial charge in [-0.05, 0) is 62.0 Å². The first kappa shape index (κ1) is 14.1. The van der Waals surface area contributed by atoms with Gasteiger partial charge in [-0.15, -0.1) is 0 Å². The Hall–Kier alpha value is -0.820. The number of aryl methyl sites for hydroxylation is 1. The molecule has 0 spiro atoms. The van der Waals surface area contributed by atoms with Gasteiger partial charge in [0.25, 0.3) is 0 Å². The van der Waals surface area contributed by atoms with E-state index in [2.05, 4.69) is 42.6 Å². The standard InChI is InChI=1S/C19H29N/c1-2-20-18(19-16-12-6-7-13-17(16)19)14-8-11-15-9-4-3-5-10-15/h3-5,9-10,16-20H,2,6-8,11-14H2,1H3. The molecule has 2 aliphatic carbocycles. The summed E-state index contributed by atoms with van der Waals surface area (Å²) in [6.07, 6.45) is 9.93. The van der Waals surface area contributed by atoms with Crippen molar-refractivity contribution in [3.8, 4) is 0 Å². The van der Waals surface area contributed by atoms with Gasteiger partial charge in [-0.25, -0.2) is 0 Å². The van der Waals surface area contributed by atoms with Crippen molar-refractivity contribution >= 4 is 0 Å². The summed E-state index contributed by atoms with van der Waals surface area (Å²) in [5.74, 6) is 3.15. The lowest BCUT2D eigenvalue weighted by Gasteiger charge is -2.18. The molecule has 0 aromatic heterocycles. The lowest BCUT2D eigenvalue weighted by molar-refractivity contribution is 0.405. The first-order valence-electron chi connectivity index (χ1n) is 8.67. The minimum Gasteiger partial charge on any atom is -0.314 e. The largest absolute Gasteiger partial charge is 0.314 e. The molecule has 0 amide bonds. The topological polar surface area (TPSA) is 12.0 Å². The van der Waals surface area contributed by atoms with Crippen LogP contribution in [0.2, 0.25) is 0 Å². The number of nitrogens with one attached hydrogen (secondary N) is 1. The molecule has 0 heterocycles. The van der Waals surface area contributed by atoms with E-state index in [1.165, 1.54) is 50.5 Å². The van der Waals surface area contributed by atoms with Crippen molar-refractivity contribution < 1.29 is 0 Å². The number of hydrogen-bond acceptors (Lipinski definition) is 1. The molecule has 3 unspecified atom stereocenters. The maximum atomic E-state index is 3.79. The van der Waals surface area contributed by atoms with Gasteiger partial charge in [0.15, 0.2) is 0 Å². The maximum absolute atomic E-state index is 3.79. The summed E-state index contributed by atoms with van der Waals surface area (Å²) >= 11 is 0. The first-order chi connectivity index (χ1) is 9.90. The highest BCUT2D eigenvalue weighted by molar-refractivity contribution is 5.14. The highest BCUT2D eigenvalue weighted by Crippen LogP contribution is 2.57. The second-order valence-electron chi connectivity index (χ2n) is 6.73. The molecule has 1 N–H and O–H groups in total. The Morgan fingerprint density at radius 3 is 2.45 bits per heavy atom. The van der Waals surface area contributed by atoms with Gasteiger partial charge in [-0.2, -0.15) is 0 Å². The molecule has 0 bridgehead atoms. The molecule has 0 radical (unpaired) electrons. The van der Waals surface area contributed by atoms with Crippen LogP contribution in [0.15, 0.2) is 30.3 Å². The SMILES string of the molecule is CCNC(CCCc1ccccc1)C1C2CCCCC21. The van der Waals surface area contributed by atoms with Crippen molar-refractivity contribution in [1.82, 2.24) is 5.32 Å². The Morgan fingerprint density at radius 1 is 1.10 bits per heavy atom. The van der Waals surface area contributed by atoms with Crippen LogP contribution >= 0.6 is 0 Å². The van der Waals surface area contributed by atoms with E-state index < -0.39 is 0 Å². The smallest absolute Gasteiger partial charge is 0.0101 e. The first-order valence-corrected chi connectivity index (χ1v) is 8.67. The summed E-state index contributed by atoms with van der Waals surface area (Å²) in [5.41, 5.74) is 1.50. The number of fused-ring (bicyclic) bond motifs is 1. The fourth-order valence-corrected chi connectivity index (χ4v) is 4.51. The van der Waals surface area contributed by atoms with Gasteiger partial charge in [0, 0.05) is 6.04 Å². The van der Waals surface area contributed by atoms with Crippen LogP contribution in [0.5, 0.6) is 0 Å². The van der Waals surface area contributed by atoms with Gasteiger partial charge in [0.1, 0.15) is 0 Å². The molecule has 1 aromatic carbocycles. The van der Waals surface area contributed by atoms with E-state index in [9.17, 15) is 0 Å². The molecule has 0 saturated heterocycles. The van der Waals surface area contributed by atoms with E-state index in [-0.39, 0.29) is 0 Å². The molecule has 1 nitrogen and oxygen atoms in total. The van der Waals surface area contributed by atoms with Gasteiger partial charge in [-0.3, -0.25) is 0 Å². The highest BCUT2D eigenvalue weighted by Gasteiger charge is 2.53. The molecule has 0 aliphatic heterocycles. The molecular weight excluding hydrogens is 242 g/mol. The summed E-state index contributed by atoms with van der Waals surface area (Å²) in [5, 5.41) is 3.79. The van der Waals surface area contributed by atoms with Crippen LogP contribution in [0.3, 0.4) is 0 Å². The Morgan fingerprint density at radius 2 is 1.80 bits per heavy atom. The van der Waals surface area contributed by atoms with E-state index >= 15 is 0 Å². The Kier molecular flexibility index (Phi) is 4.77. The third-order valence-electron chi connectivity index (χ3n) is 5.48. The monoisotopic (exact) mass is 271 g/mol. The fraction of sp³-hybridized carbons (Fsp3) is 0.684. The zero-order valence-electron chi connectivity index (χ0n) is 12.9. The van der Waals surface area contributed by atoms with Gasteiger partial charge in [-0.1, -0.05) is 50.1 Å². The van der Waals surface area contributed by atoms with Crippen LogP contribution < -0.4 is 5.32 Å². The average molecular weight is 271 g/mol. The lowest BCUT2D eigenvalue weighted by Crippen LogP contribution is -2.32. The van der Waals surface area contributed by atoms with Crippen molar-refractivity contribution in [2.24, 2.45) is 17.8 Å². The lowest BCUT2D eigenvalue weighted by atomic mass is 10.00. The van der Waals surface area contributed by atoms with Crippen molar-refractivity contribution in [1.29, 1.82) is 0 Å². The minimum atomic E-state index is 0.789. The van der Waals surface area contributed by atoms with Gasteiger partial charge in [0.2, 0.25) is 0 Å². The molecule has 1 aromatic rings. The maximum Gasteiger partial charge on any atom is 0.0101 e. The number of hydrogen-bond donors (Lipinski definition) is 1. The van der Waals surface area contributed by atoms with Crippen LogP contribution in [0.1, 0.15) is 51.0 Å². The van der Waals surface area contributed by atoms with E-state index in [1.807, 2.05) is 0 Å². The average Bonchev–Trinajstić information content (AvgIpc) is 3.22. The fourth-order valence-electron chi connectivity index (χ4n) is 4.51. The van der Waals surface area contributed by atoms with E-state index in [4.69, 9.17) is 0 Å². The summed E-state index contributed by atoms with van der Waals surface area (Å²) < 4.78 is 0. The predicted octanol–water partition coefficient (Wildman–Crippen LogP) is 4.42. The normalized spacial score (nSPS) is 29.8. The van der Waals surface area contributed by atoms with Gasteiger partial charge < -0.3 is 5.32 Å². The van der Waals surface area contributed by atoms with Crippen molar-refractivity contribution in [2.45, 2.75) is 57.9 Å². The Bertz CT molecular complexity index is 387. The third-order valence-corrected chi connectivity index (χ3v) is 5.48. The predicted molar refractivity (Wildman–Crippen MR) is 85.8 cm³/mol. The molecule has 3 atom stereocenters. The summed E-state index contributed by atoms with van der Waals surface area (Å²) in [6, 6.07) is 11.7. The molecular formula is C19H29N. The Labute approximate surface area is 124 Å². The van der Waals surface area contributed by atoms with Crippen molar-refractivity contribution in [2.75, 3.05) is 6.54 Å². The molecule has 2 fully saturated rings. The summed E-state index contributed by atoms with van der Waals surface area (Å²) in [4.78, 5) is 0. The van der Waals surface area contributed by atoms with Crippen LogP contribution in [-0.4, -0.2) is 12.6 Å². The number of rotatable bonds is 7. The van der Waals surface area contributed by atoms with Gasteiger partial charge in [0.05, 0.1) is 0 Å². The zero-order chi connectivity index (χ0) is 13.8. The third kappa shape index (κ3) is 3.25. The molecule has 2 saturated carbocycles. The van der Waals surface area contributed by atoms with Crippen molar-refractivity contribution in [3.63, 3.8) is 0 Å². The second kappa shape index (κ2) is 6.76. The van der Waals surface area contributed by atoms with Crippen LogP contribution in [0, 0.1) is 17.8 Å². The van der Waals surface area contributed by atoms with E-state index in [0.717, 1.165) is 30.3 Å². The molecule has 2 aliphatic rings. The summed E-state index contributed by atoms with van der Waals surface area (Å²) in [6.45, 7) is 3.39. The van der Waals surface area contributed by atoms with Crippen LogP contribution in [-0.2, 0) is 6.42 Å². The molecule has 110 valence electrons. The van der Waals surface area contributed by atoms with Crippen molar-refractivity contribution in [3.05, 3.63) is 35.9 Å².